The van der Waals surface area contributed by atoms with Crippen molar-refractivity contribution >= 4 is 51.8 Å². The summed E-state index contributed by atoms with van der Waals surface area (Å²) in [5.41, 5.74) is 4.32. The monoisotopic (exact) mass is 487 g/mol. The SMILES string of the molecule is O=C(CCCCN1CCN(c2cc(Cl)cc(Cl)c2)CC1)Nc1ccc(-c2ccsc2)cc1. The highest BCUT2D eigenvalue weighted by molar-refractivity contribution is 7.08. The number of carbonyl (C=O) groups is 1. The van der Waals surface area contributed by atoms with Crippen molar-refractivity contribution in [3.63, 3.8) is 0 Å². The molecule has 0 aliphatic carbocycles. The molecule has 0 unspecified atom stereocenters. The van der Waals surface area contributed by atoms with Gasteiger partial charge in [-0.25, -0.2) is 0 Å². The van der Waals surface area contributed by atoms with Crippen molar-refractivity contribution in [3.8, 4) is 11.1 Å². The zero-order valence-corrected chi connectivity index (χ0v) is 20.2. The fourth-order valence-corrected chi connectivity index (χ4v) is 5.15. The number of hydrogen-bond donors (Lipinski definition) is 1. The van der Waals surface area contributed by atoms with Crippen LogP contribution in [0.1, 0.15) is 19.3 Å². The highest BCUT2D eigenvalue weighted by atomic mass is 35.5. The van der Waals surface area contributed by atoms with Crippen LogP contribution in [-0.2, 0) is 4.79 Å². The minimum absolute atomic E-state index is 0.0796. The number of hydrogen-bond acceptors (Lipinski definition) is 4. The van der Waals surface area contributed by atoms with E-state index in [1.807, 2.05) is 24.3 Å². The maximum atomic E-state index is 12.3. The van der Waals surface area contributed by atoms with Crippen molar-refractivity contribution in [1.29, 1.82) is 0 Å². The molecule has 1 aliphatic rings. The molecular weight excluding hydrogens is 461 g/mol. The van der Waals surface area contributed by atoms with Crippen LogP contribution in [0.25, 0.3) is 11.1 Å². The standard InChI is InChI=1S/C25H27Cl2N3OS/c26-21-15-22(27)17-24(16-21)30-12-10-29(11-13-30)9-2-1-3-25(31)28-23-6-4-19(5-7-23)20-8-14-32-18-20/h4-8,14-18H,1-3,9-13H2,(H,28,31). The van der Waals surface area contributed by atoms with Crippen LogP contribution in [0.15, 0.2) is 59.3 Å². The van der Waals surface area contributed by atoms with Crippen molar-refractivity contribution in [2.45, 2.75) is 19.3 Å². The first-order valence-corrected chi connectivity index (χ1v) is 12.6. The summed E-state index contributed by atoms with van der Waals surface area (Å²) in [5.74, 6) is 0.0796. The Morgan fingerprint density at radius 2 is 1.62 bits per heavy atom. The third kappa shape index (κ3) is 6.48. The molecular formula is C25H27Cl2N3OS. The Morgan fingerprint density at radius 1 is 0.906 bits per heavy atom. The van der Waals surface area contributed by atoms with E-state index in [0.717, 1.165) is 56.9 Å². The van der Waals surface area contributed by atoms with E-state index in [-0.39, 0.29) is 5.91 Å². The normalized spacial score (nSPS) is 14.5. The number of benzene rings is 2. The van der Waals surface area contributed by atoms with Crippen LogP contribution in [0.5, 0.6) is 0 Å². The Hall–Kier alpha value is -2.05. The van der Waals surface area contributed by atoms with E-state index in [0.29, 0.717) is 16.5 Å². The molecule has 0 radical (unpaired) electrons. The summed E-state index contributed by atoms with van der Waals surface area (Å²) in [7, 11) is 0. The quantitative estimate of drug-likeness (QED) is 0.361. The molecule has 7 heteroatoms. The summed E-state index contributed by atoms with van der Waals surface area (Å²) >= 11 is 14.0. The lowest BCUT2D eigenvalue weighted by Gasteiger charge is -2.36. The number of thiophene rings is 1. The predicted octanol–water partition coefficient (Wildman–Crippen LogP) is 6.65. The van der Waals surface area contributed by atoms with Crippen LogP contribution in [0, 0.1) is 0 Å². The Bertz CT molecular complexity index is 996. The fourth-order valence-electron chi connectivity index (χ4n) is 3.97. The second-order valence-electron chi connectivity index (χ2n) is 8.05. The van der Waals surface area contributed by atoms with E-state index in [1.54, 1.807) is 17.4 Å². The van der Waals surface area contributed by atoms with Crippen LogP contribution < -0.4 is 10.2 Å². The molecule has 0 spiro atoms. The van der Waals surface area contributed by atoms with Crippen molar-refractivity contribution < 1.29 is 4.79 Å². The van der Waals surface area contributed by atoms with Gasteiger partial charge in [-0.1, -0.05) is 35.3 Å². The van der Waals surface area contributed by atoms with Gasteiger partial charge in [0, 0.05) is 54.0 Å². The minimum Gasteiger partial charge on any atom is -0.369 e. The third-order valence-corrected chi connectivity index (χ3v) is 6.86. The molecule has 0 saturated carbocycles. The Labute approximate surface area is 203 Å². The van der Waals surface area contributed by atoms with Crippen molar-refractivity contribution in [2.24, 2.45) is 0 Å². The number of unbranched alkanes of at least 4 members (excludes halogenated alkanes) is 1. The number of carbonyl (C=O) groups excluding carboxylic acids is 1. The van der Waals surface area contributed by atoms with Gasteiger partial charge >= 0.3 is 0 Å². The summed E-state index contributed by atoms with van der Waals surface area (Å²) < 4.78 is 0. The third-order valence-electron chi connectivity index (χ3n) is 5.74. The molecule has 4 nitrogen and oxygen atoms in total. The molecule has 1 aliphatic heterocycles. The second kappa shape index (κ2) is 11.2. The molecule has 32 heavy (non-hydrogen) atoms. The lowest BCUT2D eigenvalue weighted by molar-refractivity contribution is -0.116. The van der Waals surface area contributed by atoms with Crippen LogP contribution in [0.4, 0.5) is 11.4 Å². The van der Waals surface area contributed by atoms with Gasteiger partial charge in [0.15, 0.2) is 0 Å². The van der Waals surface area contributed by atoms with Gasteiger partial charge in [-0.2, -0.15) is 11.3 Å². The number of nitrogens with one attached hydrogen (secondary N) is 1. The Kier molecular flexibility index (Phi) is 8.09. The average molecular weight is 488 g/mol. The maximum absolute atomic E-state index is 12.3. The molecule has 4 rings (SSSR count). The lowest BCUT2D eigenvalue weighted by Crippen LogP contribution is -2.46. The van der Waals surface area contributed by atoms with Crippen LogP contribution >= 0.6 is 34.5 Å². The van der Waals surface area contributed by atoms with Crippen LogP contribution in [-0.4, -0.2) is 43.5 Å². The molecule has 168 valence electrons. The summed E-state index contributed by atoms with van der Waals surface area (Å²) in [6.07, 6.45) is 2.46. The number of amides is 1. The predicted molar refractivity (Wildman–Crippen MR) is 137 cm³/mol. The molecule has 1 fully saturated rings. The first-order valence-electron chi connectivity index (χ1n) is 10.9. The van der Waals surface area contributed by atoms with Gasteiger partial charge in [-0.15, -0.1) is 0 Å². The fraction of sp³-hybridized carbons (Fsp3) is 0.320. The number of piperazine rings is 1. The zero-order valence-electron chi connectivity index (χ0n) is 17.9. The van der Waals surface area contributed by atoms with E-state index in [1.165, 1.54) is 11.1 Å². The summed E-state index contributed by atoms with van der Waals surface area (Å²) in [6.45, 7) is 4.95. The number of anilines is 2. The van der Waals surface area contributed by atoms with Gasteiger partial charge in [0.1, 0.15) is 0 Å². The smallest absolute Gasteiger partial charge is 0.224 e. The molecule has 1 aromatic heterocycles. The van der Waals surface area contributed by atoms with E-state index in [4.69, 9.17) is 23.2 Å². The first kappa shape index (κ1) is 23.1. The molecule has 1 amide bonds. The van der Waals surface area contributed by atoms with E-state index in [9.17, 15) is 4.79 Å². The van der Waals surface area contributed by atoms with Gasteiger partial charge in [-0.05, 0) is 77.7 Å². The molecule has 0 bridgehead atoms. The highest BCUT2D eigenvalue weighted by Crippen LogP contribution is 2.26. The molecule has 2 heterocycles. The zero-order chi connectivity index (χ0) is 22.3. The average Bonchev–Trinajstić information content (AvgIpc) is 3.32. The molecule has 3 aromatic rings. The van der Waals surface area contributed by atoms with Gasteiger partial charge in [0.05, 0.1) is 0 Å². The Balaban J connectivity index is 1.13. The second-order valence-corrected chi connectivity index (χ2v) is 9.70. The molecule has 2 aromatic carbocycles. The molecule has 1 N–H and O–H groups in total. The van der Waals surface area contributed by atoms with Gasteiger partial charge in [0.25, 0.3) is 0 Å². The van der Waals surface area contributed by atoms with Crippen molar-refractivity contribution in [2.75, 3.05) is 42.9 Å². The number of nitrogens with zero attached hydrogens (tertiary/aromatic N) is 2. The summed E-state index contributed by atoms with van der Waals surface area (Å²) in [5, 5.41) is 8.55. The number of rotatable bonds is 8. The maximum Gasteiger partial charge on any atom is 0.224 e. The molecule has 1 saturated heterocycles. The largest absolute Gasteiger partial charge is 0.369 e. The summed E-state index contributed by atoms with van der Waals surface area (Å²) in [6, 6.07) is 15.8. The highest BCUT2D eigenvalue weighted by Gasteiger charge is 2.17. The van der Waals surface area contributed by atoms with Gasteiger partial charge in [-0.3, -0.25) is 9.69 Å². The minimum atomic E-state index is 0.0796. The first-order chi connectivity index (χ1) is 15.6. The van der Waals surface area contributed by atoms with E-state index >= 15 is 0 Å². The van der Waals surface area contributed by atoms with E-state index < -0.39 is 0 Å². The summed E-state index contributed by atoms with van der Waals surface area (Å²) in [4.78, 5) is 17.1. The molecule has 0 atom stereocenters. The van der Waals surface area contributed by atoms with Crippen molar-refractivity contribution in [3.05, 3.63) is 69.3 Å². The van der Waals surface area contributed by atoms with Crippen LogP contribution in [0.2, 0.25) is 10.0 Å². The van der Waals surface area contributed by atoms with Crippen molar-refractivity contribution in [1.82, 2.24) is 4.90 Å². The van der Waals surface area contributed by atoms with Crippen LogP contribution in [0.3, 0.4) is 0 Å². The Morgan fingerprint density at radius 3 is 2.28 bits per heavy atom. The topological polar surface area (TPSA) is 35.6 Å². The van der Waals surface area contributed by atoms with E-state index in [2.05, 4.69) is 44.1 Å². The van der Waals surface area contributed by atoms with Gasteiger partial charge in [0.2, 0.25) is 5.91 Å². The van der Waals surface area contributed by atoms with Gasteiger partial charge < -0.3 is 10.2 Å². The lowest BCUT2D eigenvalue weighted by atomic mass is 10.1. The number of halogens is 2.